The summed E-state index contributed by atoms with van der Waals surface area (Å²) in [4.78, 5) is 16.8. The highest BCUT2D eigenvalue weighted by atomic mass is 79.9. The number of nitrogens with zero attached hydrogens (tertiary/aromatic N) is 1. The fourth-order valence-corrected chi connectivity index (χ4v) is 2.90. The van der Waals surface area contributed by atoms with Crippen LogP contribution in [-0.2, 0) is 6.42 Å². The fraction of sp³-hybridized carbons (Fsp3) is 0.200. The first-order valence-corrected chi connectivity index (χ1v) is 6.89. The number of benzene rings is 1. The van der Waals surface area contributed by atoms with Gasteiger partial charge >= 0.3 is 0 Å². The second kappa shape index (κ2) is 4.85. The van der Waals surface area contributed by atoms with Crippen molar-refractivity contribution in [2.45, 2.75) is 18.8 Å². The van der Waals surface area contributed by atoms with E-state index in [-0.39, 0.29) is 17.5 Å². The molecule has 0 bridgehead atoms. The van der Waals surface area contributed by atoms with Gasteiger partial charge in [0.15, 0.2) is 5.78 Å². The molecule has 4 heteroatoms. The van der Waals surface area contributed by atoms with Gasteiger partial charge in [0.2, 0.25) is 0 Å². The number of aryl methyl sites for hydroxylation is 1. The van der Waals surface area contributed by atoms with Gasteiger partial charge in [-0.1, -0.05) is 6.07 Å². The first-order chi connectivity index (χ1) is 9.16. The number of carbonyl (C=O) groups excluding carboxylic acids is 1. The van der Waals surface area contributed by atoms with Crippen molar-refractivity contribution in [2.24, 2.45) is 0 Å². The molecule has 2 aromatic rings. The Balaban J connectivity index is 1.95. The molecule has 19 heavy (non-hydrogen) atoms. The van der Waals surface area contributed by atoms with E-state index < -0.39 is 0 Å². The predicted molar refractivity (Wildman–Crippen MR) is 73.7 cm³/mol. The first-order valence-electron chi connectivity index (χ1n) is 6.10. The van der Waals surface area contributed by atoms with Gasteiger partial charge in [-0.3, -0.25) is 9.78 Å². The predicted octanol–water partition coefficient (Wildman–Crippen LogP) is 3.90. The molecule has 0 saturated heterocycles. The van der Waals surface area contributed by atoms with Crippen LogP contribution < -0.4 is 0 Å². The van der Waals surface area contributed by atoms with E-state index >= 15 is 0 Å². The zero-order valence-corrected chi connectivity index (χ0v) is 11.7. The van der Waals surface area contributed by atoms with Crippen LogP contribution in [0.2, 0.25) is 0 Å². The van der Waals surface area contributed by atoms with Crippen molar-refractivity contribution in [3.63, 3.8) is 0 Å². The summed E-state index contributed by atoms with van der Waals surface area (Å²) in [6.45, 7) is 0. The molecule has 1 aromatic heterocycles. The lowest BCUT2D eigenvalue weighted by Crippen LogP contribution is -2.11. The molecule has 1 atom stereocenters. The summed E-state index contributed by atoms with van der Waals surface area (Å²) < 4.78 is 13.5. The lowest BCUT2D eigenvalue weighted by atomic mass is 9.95. The van der Waals surface area contributed by atoms with Gasteiger partial charge in [0.1, 0.15) is 5.82 Å². The van der Waals surface area contributed by atoms with Crippen LogP contribution >= 0.6 is 15.9 Å². The topological polar surface area (TPSA) is 30.0 Å². The third-order valence-corrected chi connectivity index (χ3v) is 4.09. The van der Waals surface area contributed by atoms with Crippen LogP contribution in [0.15, 0.2) is 41.0 Å². The van der Waals surface area contributed by atoms with Crippen molar-refractivity contribution in [1.29, 1.82) is 0 Å². The Kier molecular flexibility index (Phi) is 3.19. The zero-order chi connectivity index (χ0) is 13.4. The SMILES string of the molecule is O=C(c1ccc(F)c(Br)c1)C1CCc2cccnc21. The Bertz CT molecular complexity index is 656. The Morgan fingerprint density at radius 1 is 1.37 bits per heavy atom. The monoisotopic (exact) mass is 319 g/mol. The normalized spacial score (nSPS) is 17.3. The molecule has 1 aliphatic carbocycles. The lowest BCUT2D eigenvalue weighted by Gasteiger charge is -2.10. The highest BCUT2D eigenvalue weighted by molar-refractivity contribution is 9.10. The number of hydrogen-bond donors (Lipinski definition) is 0. The van der Waals surface area contributed by atoms with E-state index in [1.165, 1.54) is 12.1 Å². The molecule has 0 aliphatic heterocycles. The molecular formula is C15H11BrFNO. The average Bonchev–Trinajstić information content (AvgIpc) is 2.85. The molecular weight excluding hydrogens is 309 g/mol. The molecule has 2 nitrogen and oxygen atoms in total. The molecule has 1 aliphatic rings. The van der Waals surface area contributed by atoms with Gasteiger partial charge in [-0.2, -0.15) is 0 Å². The van der Waals surface area contributed by atoms with Gasteiger partial charge in [-0.25, -0.2) is 4.39 Å². The van der Waals surface area contributed by atoms with Crippen molar-refractivity contribution >= 4 is 21.7 Å². The van der Waals surface area contributed by atoms with Crippen LogP contribution in [-0.4, -0.2) is 10.8 Å². The van der Waals surface area contributed by atoms with E-state index in [9.17, 15) is 9.18 Å². The summed E-state index contributed by atoms with van der Waals surface area (Å²) >= 11 is 3.11. The standard InChI is InChI=1S/C15H11BrFNO/c16-12-8-10(4-6-13(12)17)15(19)11-5-3-9-2-1-7-18-14(9)11/h1-2,4,6-8,11H,3,5H2. The molecule has 0 N–H and O–H groups in total. The summed E-state index contributed by atoms with van der Waals surface area (Å²) in [6.07, 6.45) is 3.37. The van der Waals surface area contributed by atoms with Gasteiger partial charge < -0.3 is 0 Å². The minimum Gasteiger partial charge on any atom is -0.293 e. The molecule has 1 aromatic carbocycles. The minimum atomic E-state index is -0.360. The zero-order valence-electron chi connectivity index (χ0n) is 10.1. The molecule has 96 valence electrons. The van der Waals surface area contributed by atoms with Gasteiger partial charge in [0.05, 0.1) is 16.1 Å². The van der Waals surface area contributed by atoms with Crippen LogP contribution in [0.4, 0.5) is 4.39 Å². The number of aromatic nitrogens is 1. The maximum atomic E-state index is 13.2. The number of carbonyl (C=O) groups is 1. The Morgan fingerprint density at radius 3 is 3.00 bits per heavy atom. The minimum absolute atomic E-state index is 0.0122. The number of pyridine rings is 1. The Labute approximate surface area is 118 Å². The molecule has 0 spiro atoms. The van der Waals surface area contributed by atoms with Crippen molar-refractivity contribution in [1.82, 2.24) is 4.98 Å². The second-order valence-corrected chi connectivity index (χ2v) is 5.49. The van der Waals surface area contributed by atoms with E-state index in [0.29, 0.717) is 10.0 Å². The highest BCUT2D eigenvalue weighted by Crippen LogP contribution is 2.34. The molecule has 0 saturated carbocycles. The molecule has 1 unspecified atom stereocenters. The van der Waals surface area contributed by atoms with E-state index in [4.69, 9.17) is 0 Å². The summed E-state index contributed by atoms with van der Waals surface area (Å²) in [6, 6.07) is 8.28. The van der Waals surface area contributed by atoms with Crippen LogP contribution in [0.5, 0.6) is 0 Å². The van der Waals surface area contributed by atoms with E-state index in [0.717, 1.165) is 24.1 Å². The van der Waals surface area contributed by atoms with Gasteiger partial charge in [-0.15, -0.1) is 0 Å². The molecule has 0 radical (unpaired) electrons. The van der Waals surface area contributed by atoms with E-state index in [2.05, 4.69) is 20.9 Å². The maximum absolute atomic E-state index is 13.2. The van der Waals surface area contributed by atoms with Crippen molar-refractivity contribution in [3.8, 4) is 0 Å². The summed E-state index contributed by atoms with van der Waals surface area (Å²) in [5, 5.41) is 0. The van der Waals surface area contributed by atoms with E-state index in [1.807, 2.05) is 12.1 Å². The summed E-state index contributed by atoms with van der Waals surface area (Å²) in [5.41, 5.74) is 2.53. The van der Waals surface area contributed by atoms with Gasteiger partial charge in [0.25, 0.3) is 0 Å². The van der Waals surface area contributed by atoms with E-state index in [1.54, 1.807) is 12.3 Å². The lowest BCUT2D eigenvalue weighted by molar-refractivity contribution is 0.0958. The third-order valence-electron chi connectivity index (χ3n) is 3.48. The number of ketones is 1. The number of rotatable bonds is 2. The second-order valence-electron chi connectivity index (χ2n) is 4.63. The average molecular weight is 320 g/mol. The van der Waals surface area contributed by atoms with Crippen molar-refractivity contribution in [2.75, 3.05) is 0 Å². The smallest absolute Gasteiger partial charge is 0.171 e. The fourth-order valence-electron chi connectivity index (χ4n) is 2.52. The van der Waals surface area contributed by atoms with Gasteiger partial charge in [0, 0.05) is 11.8 Å². The Morgan fingerprint density at radius 2 is 2.21 bits per heavy atom. The molecule has 0 amide bonds. The summed E-state index contributed by atoms with van der Waals surface area (Å²) in [7, 11) is 0. The molecule has 1 heterocycles. The number of Topliss-reactive ketones (excluding diaryl/α,β-unsaturated/α-hetero) is 1. The van der Waals surface area contributed by atoms with Crippen molar-refractivity contribution in [3.05, 3.63) is 63.6 Å². The van der Waals surface area contributed by atoms with Crippen molar-refractivity contribution < 1.29 is 9.18 Å². The van der Waals surface area contributed by atoms with Crippen LogP contribution in [0.3, 0.4) is 0 Å². The van der Waals surface area contributed by atoms with Crippen LogP contribution in [0, 0.1) is 5.82 Å². The quantitative estimate of drug-likeness (QED) is 0.786. The van der Waals surface area contributed by atoms with Crippen LogP contribution in [0.25, 0.3) is 0 Å². The largest absolute Gasteiger partial charge is 0.293 e. The molecule has 3 rings (SSSR count). The summed E-state index contributed by atoms with van der Waals surface area (Å²) in [5.74, 6) is -0.548. The number of fused-ring (bicyclic) bond motifs is 1. The number of halogens is 2. The Hall–Kier alpha value is -1.55. The maximum Gasteiger partial charge on any atom is 0.171 e. The molecule has 0 fully saturated rings. The first kappa shape index (κ1) is 12.5. The third kappa shape index (κ3) is 2.21. The number of hydrogen-bond acceptors (Lipinski definition) is 2. The van der Waals surface area contributed by atoms with Gasteiger partial charge in [-0.05, 0) is 58.6 Å². The van der Waals surface area contributed by atoms with Crippen LogP contribution in [0.1, 0.15) is 34.0 Å². The highest BCUT2D eigenvalue weighted by Gasteiger charge is 2.30.